The molecule has 0 aromatic rings. The first-order chi connectivity index (χ1) is 13.6. The zero-order valence-corrected chi connectivity index (χ0v) is 18.9. The fraction of sp³-hybridized carbons (Fsp3) is 0.917. The van der Waals surface area contributed by atoms with Gasteiger partial charge < -0.3 is 9.47 Å². The molecule has 0 saturated carbocycles. The van der Waals surface area contributed by atoms with Gasteiger partial charge in [-0.25, -0.2) is 0 Å². The molecular formula is C24H46O4. The molecule has 0 aliphatic heterocycles. The Bertz CT molecular complexity index is 368. The zero-order chi connectivity index (χ0) is 20.9. The number of ether oxygens (including phenoxy) is 2. The second-order valence-electron chi connectivity index (χ2n) is 7.92. The molecule has 0 aliphatic carbocycles. The maximum Gasteiger partial charge on any atom is 0.306 e. The molecule has 0 aromatic heterocycles. The number of esters is 2. The van der Waals surface area contributed by atoms with E-state index in [1.807, 2.05) is 0 Å². The van der Waals surface area contributed by atoms with Crippen LogP contribution in [0.3, 0.4) is 0 Å². The highest BCUT2D eigenvalue weighted by Crippen LogP contribution is 2.12. The third kappa shape index (κ3) is 18.3. The van der Waals surface area contributed by atoms with E-state index in [0.29, 0.717) is 19.4 Å². The van der Waals surface area contributed by atoms with Gasteiger partial charge in [-0.05, 0) is 32.1 Å². The second-order valence-corrected chi connectivity index (χ2v) is 7.92. The molecule has 0 fully saturated rings. The third-order valence-electron chi connectivity index (χ3n) is 5.14. The lowest BCUT2D eigenvalue weighted by Gasteiger charge is -2.15. The summed E-state index contributed by atoms with van der Waals surface area (Å²) in [4.78, 5) is 23.5. The minimum absolute atomic E-state index is 0.0474. The van der Waals surface area contributed by atoms with Crippen molar-refractivity contribution in [3.8, 4) is 0 Å². The first-order valence-corrected chi connectivity index (χ1v) is 12.0. The number of rotatable bonds is 20. The summed E-state index contributed by atoms with van der Waals surface area (Å²) >= 11 is 0. The average Bonchev–Trinajstić information content (AvgIpc) is 2.68. The highest BCUT2D eigenvalue weighted by atomic mass is 16.5. The lowest BCUT2D eigenvalue weighted by molar-refractivity contribution is -0.149. The number of carbonyl (C=O) groups is 2. The molecule has 0 rings (SSSR count). The van der Waals surface area contributed by atoms with Gasteiger partial charge in [0, 0.05) is 12.8 Å². The van der Waals surface area contributed by atoms with Crippen molar-refractivity contribution >= 4 is 11.9 Å². The largest absolute Gasteiger partial charge is 0.466 e. The number of unbranched alkanes of at least 4 members (excludes halogenated alkanes) is 10. The molecule has 166 valence electrons. The Labute approximate surface area is 174 Å². The Balaban J connectivity index is 3.38. The van der Waals surface area contributed by atoms with Crippen molar-refractivity contribution in [1.29, 1.82) is 0 Å². The van der Waals surface area contributed by atoms with E-state index in [4.69, 9.17) is 9.47 Å². The minimum Gasteiger partial charge on any atom is -0.466 e. The normalized spacial score (nSPS) is 12.0. The Kier molecular flexibility index (Phi) is 19.9. The second kappa shape index (κ2) is 20.7. The first-order valence-electron chi connectivity index (χ1n) is 12.0. The van der Waals surface area contributed by atoms with Gasteiger partial charge in [-0.15, -0.1) is 0 Å². The van der Waals surface area contributed by atoms with Gasteiger partial charge in [0.1, 0.15) is 6.10 Å². The SMILES string of the molecule is CCCCCCCCOC(=O)CCCCCCCCC(=O)OC(CC)CCC. The fourth-order valence-corrected chi connectivity index (χ4v) is 3.30. The first kappa shape index (κ1) is 26.9. The van der Waals surface area contributed by atoms with Crippen molar-refractivity contribution in [2.75, 3.05) is 6.61 Å². The van der Waals surface area contributed by atoms with E-state index in [1.54, 1.807) is 0 Å². The molecule has 0 heterocycles. The Hall–Kier alpha value is -1.06. The van der Waals surface area contributed by atoms with Gasteiger partial charge in [-0.2, -0.15) is 0 Å². The van der Waals surface area contributed by atoms with E-state index in [9.17, 15) is 9.59 Å². The molecule has 0 saturated heterocycles. The number of carbonyl (C=O) groups excluding carboxylic acids is 2. The molecule has 1 atom stereocenters. The van der Waals surface area contributed by atoms with Crippen LogP contribution in [0.2, 0.25) is 0 Å². The molecular weight excluding hydrogens is 352 g/mol. The van der Waals surface area contributed by atoms with Crippen LogP contribution >= 0.6 is 0 Å². The van der Waals surface area contributed by atoms with Crippen molar-refractivity contribution in [1.82, 2.24) is 0 Å². The van der Waals surface area contributed by atoms with Crippen LogP contribution in [0.4, 0.5) is 0 Å². The molecule has 0 aliphatic rings. The van der Waals surface area contributed by atoms with Crippen LogP contribution < -0.4 is 0 Å². The van der Waals surface area contributed by atoms with Crippen LogP contribution in [0.15, 0.2) is 0 Å². The van der Waals surface area contributed by atoms with Crippen molar-refractivity contribution in [3.63, 3.8) is 0 Å². The predicted molar refractivity (Wildman–Crippen MR) is 116 cm³/mol. The molecule has 1 unspecified atom stereocenters. The topological polar surface area (TPSA) is 52.6 Å². The molecule has 0 radical (unpaired) electrons. The summed E-state index contributed by atoms with van der Waals surface area (Å²) < 4.78 is 10.8. The average molecular weight is 399 g/mol. The van der Waals surface area contributed by atoms with Crippen molar-refractivity contribution in [2.45, 2.75) is 136 Å². The van der Waals surface area contributed by atoms with E-state index in [1.165, 1.54) is 32.1 Å². The highest BCUT2D eigenvalue weighted by Gasteiger charge is 2.11. The Morgan fingerprint density at radius 3 is 1.75 bits per heavy atom. The van der Waals surface area contributed by atoms with E-state index in [0.717, 1.165) is 64.2 Å². The number of hydrogen-bond donors (Lipinski definition) is 0. The highest BCUT2D eigenvalue weighted by molar-refractivity contribution is 5.69. The Morgan fingerprint density at radius 2 is 1.18 bits per heavy atom. The van der Waals surface area contributed by atoms with E-state index in [2.05, 4.69) is 20.8 Å². The van der Waals surface area contributed by atoms with Crippen LogP contribution in [0.25, 0.3) is 0 Å². The van der Waals surface area contributed by atoms with Crippen LogP contribution in [-0.4, -0.2) is 24.6 Å². The van der Waals surface area contributed by atoms with Crippen LogP contribution in [-0.2, 0) is 19.1 Å². The van der Waals surface area contributed by atoms with Gasteiger partial charge in [0.25, 0.3) is 0 Å². The third-order valence-corrected chi connectivity index (χ3v) is 5.14. The fourth-order valence-electron chi connectivity index (χ4n) is 3.30. The summed E-state index contributed by atoms with van der Waals surface area (Å²) in [6.07, 6.45) is 17.5. The molecule has 28 heavy (non-hydrogen) atoms. The summed E-state index contributed by atoms with van der Waals surface area (Å²) in [5.41, 5.74) is 0. The summed E-state index contributed by atoms with van der Waals surface area (Å²) in [5.74, 6) is -0.0951. The maximum atomic E-state index is 11.8. The molecule has 0 aromatic carbocycles. The van der Waals surface area contributed by atoms with Crippen molar-refractivity contribution in [3.05, 3.63) is 0 Å². The van der Waals surface area contributed by atoms with Gasteiger partial charge >= 0.3 is 11.9 Å². The molecule has 0 amide bonds. The van der Waals surface area contributed by atoms with E-state index >= 15 is 0 Å². The Morgan fingerprint density at radius 1 is 0.643 bits per heavy atom. The van der Waals surface area contributed by atoms with Crippen LogP contribution in [0, 0.1) is 0 Å². The quantitative estimate of drug-likeness (QED) is 0.162. The van der Waals surface area contributed by atoms with Crippen molar-refractivity contribution < 1.29 is 19.1 Å². The van der Waals surface area contributed by atoms with Gasteiger partial charge in [0.05, 0.1) is 6.61 Å². The van der Waals surface area contributed by atoms with Crippen molar-refractivity contribution in [2.24, 2.45) is 0 Å². The van der Waals surface area contributed by atoms with E-state index in [-0.39, 0.29) is 18.0 Å². The van der Waals surface area contributed by atoms with Gasteiger partial charge in [0.2, 0.25) is 0 Å². The molecule has 4 heteroatoms. The lowest BCUT2D eigenvalue weighted by atomic mass is 10.1. The van der Waals surface area contributed by atoms with Gasteiger partial charge in [-0.3, -0.25) is 9.59 Å². The molecule has 0 bridgehead atoms. The van der Waals surface area contributed by atoms with Crippen LogP contribution in [0.1, 0.15) is 130 Å². The predicted octanol–water partition coefficient (Wildman–Crippen LogP) is 7.13. The van der Waals surface area contributed by atoms with Crippen LogP contribution in [0.5, 0.6) is 0 Å². The summed E-state index contributed by atoms with van der Waals surface area (Å²) in [6.45, 7) is 6.98. The summed E-state index contributed by atoms with van der Waals surface area (Å²) in [6, 6.07) is 0. The van der Waals surface area contributed by atoms with Gasteiger partial charge in [0.15, 0.2) is 0 Å². The molecule has 0 N–H and O–H groups in total. The van der Waals surface area contributed by atoms with E-state index < -0.39 is 0 Å². The summed E-state index contributed by atoms with van der Waals surface area (Å²) in [7, 11) is 0. The zero-order valence-electron chi connectivity index (χ0n) is 18.9. The van der Waals surface area contributed by atoms with Gasteiger partial charge in [-0.1, -0.05) is 85.0 Å². The monoisotopic (exact) mass is 398 g/mol. The molecule has 4 nitrogen and oxygen atoms in total. The lowest BCUT2D eigenvalue weighted by Crippen LogP contribution is -2.16. The minimum atomic E-state index is -0.0478. The maximum absolute atomic E-state index is 11.8. The number of hydrogen-bond acceptors (Lipinski definition) is 4. The standard InChI is InChI=1S/C24H46O4/c1-4-7-8-9-14-17-21-27-23(25)19-15-12-10-11-13-16-20-24(26)28-22(6-3)18-5-2/h22H,4-21H2,1-3H3. The smallest absolute Gasteiger partial charge is 0.306 e. The molecule has 0 spiro atoms. The summed E-state index contributed by atoms with van der Waals surface area (Å²) in [5, 5.41) is 0.